The highest BCUT2D eigenvalue weighted by Gasteiger charge is 2.16. The standard InChI is InChI=1S/C16H24FNO2/c1-19-16-9-8-12(10-14(16)17)15(18)11-20-13-6-4-2-3-5-7-13/h8-10,13,15H,2-7,11,18H2,1H3. The molecule has 1 aliphatic carbocycles. The molecule has 1 aromatic rings. The van der Waals surface area contributed by atoms with E-state index in [9.17, 15) is 4.39 Å². The minimum Gasteiger partial charge on any atom is -0.494 e. The van der Waals surface area contributed by atoms with Crippen LogP contribution in [0.2, 0.25) is 0 Å². The Hall–Kier alpha value is -1.13. The second-order valence-corrected chi connectivity index (χ2v) is 5.45. The van der Waals surface area contributed by atoms with Crippen LogP contribution in [0.5, 0.6) is 5.75 Å². The van der Waals surface area contributed by atoms with Gasteiger partial charge in [-0.25, -0.2) is 4.39 Å². The first-order valence-electron chi connectivity index (χ1n) is 7.41. The van der Waals surface area contributed by atoms with Crippen molar-refractivity contribution in [1.82, 2.24) is 0 Å². The molecule has 0 aliphatic heterocycles. The van der Waals surface area contributed by atoms with Crippen molar-refractivity contribution in [2.24, 2.45) is 5.73 Å². The Balaban J connectivity index is 1.87. The van der Waals surface area contributed by atoms with Crippen LogP contribution in [0.3, 0.4) is 0 Å². The third-order valence-electron chi connectivity index (χ3n) is 3.92. The topological polar surface area (TPSA) is 44.5 Å². The zero-order valence-electron chi connectivity index (χ0n) is 12.1. The summed E-state index contributed by atoms with van der Waals surface area (Å²) >= 11 is 0. The van der Waals surface area contributed by atoms with Crippen molar-refractivity contribution in [3.8, 4) is 5.75 Å². The Morgan fingerprint density at radius 1 is 1.25 bits per heavy atom. The molecule has 1 unspecified atom stereocenters. The molecule has 0 spiro atoms. The molecule has 3 nitrogen and oxygen atoms in total. The van der Waals surface area contributed by atoms with Gasteiger partial charge in [-0.05, 0) is 30.5 Å². The highest BCUT2D eigenvalue weighted by atomic mass is 19.1. The predicted molar refractivity (Wildman–Crippen MR) is 77.3 cm³/mol. The third-order valence-corrected chi connectivity index (χ3v) is 3.92. The monoisotopic (exact) mass is 281 g/mol. The van der Waals surface area contributed by atoms with Gasteiger partial charge in [0.15, 0.2) is 11.6 Å². The van der Waals surface area contributed by atoms with Crippen molar-refractivity contribution in [1.29, 1.82) is 0 Å². The zero-order valence-corrected chi connectivity index (χ0v) is 12.1. The minimum absolute atomic E-state index is 0.241. The fourth-order valence-corrected chi connectivity index (χ4v) is 2.66. The molecule has 1 fully saturated rings. The molecule has 0 radical (unpaired) electrons. The van der Waals surface area contributed by atoms with Crippen molar-refractivity contribution >= 4 is 0 Å². The molecule has 20 heavy (non-hydrogen) atoms. The SMILES string of the molecule is COc1ccc(C(N)COC2CCCCCC2)cc1F. The summed E-state index contributed by atoms with van der Waals surface area (Å²) in [7, 11) is 1.45. The molecule has 1 saturated carbocycles. The Kier molecular flexibility index (Phi) is 5.80. The van der Waals surface area contributed by atoms with E-state index in [1.54, 1.807) is 12.1 Å². The summed E-state index contributed by atoms with van der Waals surface area (Å²) in [6, 6.07) is 4.54. The normalized spacial score (nSPS) is 18.6. The van der Waals surface area contributed by atoms with Gasteiger partial charge < -0.3 is 15.2 Å². The first-order valence-corrected chi connectivity index (χ1v) is 7.41. The van der Waals surface area contributed by atoms with Crippen molar-refractivity contribution in [2.75, 3.05) is 13.7 Å². The molecule has 1 atom stereocenters. The molecule has 4 heteroatoms. The molecule has 0 bridgehead atoms. The zero-order chi connectivity index (χ0) is 14.4. The van der Waals surface area contributed by atoms with E-state index < -0.39 is 0 Å². The second-order valence-electron chi connectivity index (χ2n) is 5.45. The fourth-order valence-electron chi connectivity index (χ4n) is 2.66. The summed E-state index contributed by atoms with van der Waals surface area (Å²) in [5.41, 5.74) is 6.83. The van der Waals surface area contributed by atoms with Gasteiger partial charge in [0.25, 0.3) is 0 Å². The summed E-state index contributed by atoms with van der Waals surface area (Å²) in [6.45, 7) is 0.441. The Morgan fingerprint density at radius 3 is 2.55 bits per heavy atom. The largest absolute Gasteiger partial charge is 0.494 e. The van der Waals surface area contributed by atoms with E-state index in [-0.39, 0.29) is 17.6 Å². The molecule has 112 valence electrons. The second kappa shape index (κ2) is 7.60. The van der Waals surface area contributed by atoms with Crippen LogP contribution in [0.1, 0.15) is 50.1 Å². The van der Waals surface area contributed by atoms with E-state index in [0.717, 1.165) is 18.4 Å². The van der Waals surface area contributed by atoms with Gasteiger partial charge in [-0.1, -0.05) is 31.7 Å². The first-order chi connectivity index (χ1) is 9.70. The van der Waals surface area contributed by atoms with Gasteiger partial charge in [-0.3, -0.25) is 0 Å². The molecule has 0 saturated heterocycles. The van der Waals surface area contributed by atoms with Crippen LogP contribution in [0, 0.1) is 5.82 Å². The number of nitrogens with two attached hydrogens (primary N) is 1. The lowest BCUT2D eigenvalue weighted by Crippen LogP contribution is -2.22. The van der Waals surface area contributed by atoms with E-state index in [1.807, 2.05) is 0 Å². The average Bonchev–Trinajstić information content (AvgIpc) is 2.73. The molecule has 0 aromatic heterocycles. The van der Waals surface area contributed by atoms with Crippen molar-refractivity contribution in [3.05, 3.63) is 29.6 Å². The smallest absolute Gasteiger partial charge is 0.165 e. The number of methoxy groups -OCH3 is 1. The number of hydrogen-bond donors (Lipinski definition) is 1. The Labute approximate surface area is 120 Å². The summed E-state index contributed by atoms with van der Waals surface area (Å²) in [5, 5.41) is 0. The number of ether oxygens (including phenoxy) is 2. The molecular weight excluding hydrogens is 257 g/mol. The van der Waals surface area contributed by atoms with E-state index in [4.69, 9.17) is 15.2 Å². The van der Waals surface area contributed by atoms with Crippen molar-refractivity contribution < 1.29 is 13.9 Å². The number of halogens is 1. The Bertz CT molecular complexity index is 417. The molecule has 1 aliphatic rings. The van der Waals surface area contributed by atoms with Crippen LogP contribution in [0.15, 0.2) is 18.2 Å². The maximum atomic E-state index is 13.6. The molecule has 1 aromatic carbocycles. The number of hydrogen-bond acceptors (Lipinski definition) is 3. The van der Waals surface area contributed by atoms with Crippen LogP contribution in [0.4, 0.5) is 4.39 Å². The van der Waals surface area contributed by atoms with E-state index in [1.165, 1.54) is 38.9 Å². The number of rotatable bonds is 5. The molecule has 0 heterocycles. The van der Waals surface area contributed by atoms with Gasteiger partial charge in [0, 0.05) is 0 Å². The van der Waals surface area contributed by atoms with Crippen LogP contribution >= 0.6 is 0 Å². The first kappa shape index (κ1) is 15.3. The predicted octanol–water partition coefficient (Wildman–Crippen LogP) is 3.57. The minimum atomic E-state index is -0.380. The summed E-state index contributed by atoms with van der Waals surface area (Å²) < 4.78 is 24.4. The average molecular weight is 281 g/mol. The quantitative estimate of drug-likeness (QED) is 0.839. The summed E-state index contributed by atoms with van der Waals surface area (Å²) in [6.07, 6.45) is 7.61. The van der Waals surface area contributed by atoms with Gasteiger partial charge in [-0.15, -0.1) is 0 Å². The van der Waals surface area contributed by atoms with Gasteiger partial charge in [-0.2, -0.15) is 0 Å². The number of benzene rings is 1. The van der Waals surface area contributed by atoms with Crippen LogP contribution in [-0.4, -0.2) is 19.8 Å². The van der Waals surface area contributed by atoms with Crippen LogP contribution < -0.4 is 10.5 Å². The van der Waals surface area contributed by atoms with Gasteiger partial charge >= 0.3 is 0 Å². The van der Waals surface area contributed by atoms with Crippen LogP contribution in [0.25, 0.3) is 0 Å². The highest BCUT2D eigenvalue weighted by Crippen LogP contribution is 2.23. The lowest BCUT2D eigenvalue weighted by Gasteiger charge is -2.19. The molecular formula is C16H24FNO2. The maximum Gasteiger partial charge on any atom is 0.165 e. The van der Waals surface area contributed by atoms with Gasteiger partial charge in [0.2, 0.25) is 0 Å². The van der Waals surface area contributed by atoms with E-state index in [2.05, 4.69) is 0 Å². The van der Waals surface area contributed by atoms with Crippen molar-refractivity contribution in [2.45, 2.75) is 50.7 Å². The van der Waals surface area contributed by atoms with Crippen molar-refractivity contribution in [3.63, 3.8) is 0 Å². The lowest BCUT2D eigenvalue weighted by molar-refractivity contribution is 0.0345. The molecule has 0 amide bonds. The summed E-state index contributed by atoms with van der Waals surface area (Å²) in [4.78, 5) is 0. The maximum absolute atomic E-state index is 13.6. The molecule has 2 rings (SSSR count). The third kappa shape index (κ3) is 4.18. The fraction of sp³-hybridized carbons (Fsp3) is 0.625. The van der Waals surface area contributed by atoms with E-state index in [0.29, 0.717) is 12.7 Å². The summed E-state index contributed by atoms with van der Waals surface area (Å²) in [5.74, 6) is -0.138. The highest BCUT2D eigenvalue weighted by molar-refractivity contribution is 5.30. The van der Waals surface area contributed by atoms with Crippen LogP contribution in [-0.2, 0) is 4.74 Å². The lowest BCUT2D eigenvalue weighted by atomic mass is 10.1. The van der Waals surface area contributed by atoms with E-state index >= 15 is 0 Å². The van der Waals surface area contributed by atoms with Gasteiger partial charge in [0.05, 0.1) is 25.9 Å². The Morgan fingerprint density at radius 2 is 1.95 bits per heavy atom. The van der Waals surface area contributed by atoms with Gasteiger partial charge in [0.1, 0.15) is 0 Å². The molecule has 2 N–H and O–H groups in total.